The average molecular weight is 618 g/mol. The van der Waals surface area contributed by atoms with Gasteiger partial charge in [0.1, 0.15) is 6.10 Å². The van der Waals surface area contributed by atoms with Crippen molar-refractivity contribution in [1.29, 1.82) is 0 Å². The van der Waals surface area contributed by atoms with E-state index < -0.39 is 40.0 Å². The van der Waals surface area contributed by atoms with Gasteiger partial charge in [0.25, 0.3) is 10.1 Å². The molecule has 0 aromatic rings. The first-order valence-corrected chi connectivity index (χ1v) is 19.1. The van der Waals surface area contributed by atoms with Crippen LogP contribution in [0.3, 0.4) is 0 Å². The van der Waals surface area contributed by atoms with Crippen molar-refractivity contribution in [3.05, 3.63) is 12.2 Å². The number of nitrogens with one attached hydrogen (secondary N) is 1. The van der Waals surface area contributed by atoms with Crippen LogP contribution in [-0.2, 0) is 14.9 Å². The molecule has 0 spiro atoms. The lowest BCUT2D eigenvalue weighted by Crippen LogP contribution is -2.50. The van der Waals surface area contributed by atoms with E-state index in [0.29, 0.717) is 6.42 Å². The van der Waals surface area contributed by atoms with Gasteiger partial charge in [0, 0.05) is 0 Å². The molecule has 0 aromatic heterocycles. The highest BCUT2D eigenvalue weighted by Crippen LogP contribution is 2.14. The van der Waals surface area contributed by atoms with Crippen LogP contribution in [0.25, 0.3) is 0 Å². The average Bonchev–Trinajstić information content (AvgIpc) is 2.94. The predicted molar refractivity (Wildman–Crippen MR) is 176 cm³/mol. The molecule has 4 N–H and O–H groups in total. The molecule has 0 fully saturated rings. The lowest BCUT2D eigenvalue weighted by Gasteiger charge is -2.22. The van der Waals surface area contributed by atoms with E-state index in [2.05, 4.69) is 19.2 Å². The van der Waals surface area contributed by atoms with Crippen LogP contribution in [0.2, 0.25) is 0 Å². The van der Waals surface area contributed by atoms with E-state index in [1.54, 1.807) is 6.08 Å². The van der Waals surface area contributed by atoms with Gasteiger partial charge in [0.15, 0.2) is 0 Å². The van der Waals surface area contributed by atoms with Gasteiger partial charge in [-0.15, -0.1) is 0 Å². The predicted octanol–water partition coefficient (Wildman–Crippen LogP) is 8.43. The Kier molecular flexibility index (Phi) is 28.1. The summed E-state index contributed by atoms with van der Waals surface area (Å²) in [7, 11) is -4.43. The monoisotopic (exact) mass is 617 g/mol. The number of aliphatic hydroxyl groups is 2. The molecule has 250 valence electrons. The third-order valence-corrected chi connectivity index (χ3v) is 8.85. The summed E-state index contributed by atoms with van der Waals surface area (Å²) in [6.45, 7) is 4.47. The molecule has 0 aliphatic carbocycles. The summed E-state index contributed by atoms with van der Waals surface area (Å²) >= 11 is 0. The van der Waals surface area contributed by atoms with Gasteiger partial charge in [-0.05, 0) is 19.3 Å². The van der Waals surface area contributed by atoms with Gasteiger partial charge in [0.2, 0.25) is 5.91 Å². The molecule has 0 rings (SSSR count). The first-order chi connectivity index (χ1) is 20.2. The molecular weight excluding hydrogens is 550 g/mol. The van der Waals surface area contributed by atoms with Gasteiger partial charge >= 0.3 is 0 Å². The fraction of sp³-hybridized carbons (Fsp3) is 0.912. The van der Waals surface area contributed by atoms with Gasteiger partial charge < -0.3 is 15.5 Å². The Morgan fingerprint density at radius 1 is 0.643 bits per heavy atom. The van der Waals surface area contributed by atoms with E-state index in [0.717, 1.165) is 38.5 Å². The highest BCUT2D eigenvalue weighted by atomic mass is 32.2. The SMILES string of the molecule is CCCCCCCCCCCC/C=C/C(O)C(CS(=O)(=O)O)NC(=O)C(O)CCCCCCCCCCCCCCC. The Morgan fingerprint density at radius 2 is 1.02 bits per heavy atom. The van der Waals surface area contributed by atoms with E-state index in [1.807, 2.05) is 0 Å². The van der Waals surface area contributed by atoms with Crippen molar-refractivity contribution in [3.8, 4) is 0 Å². The van der Waals surface area contributed by atoms with Crippen LogP contribution < -0.4 is 5.32 Å². The Morgan fingerprint density at radius 3 is 1.43 bits per heavy atom. The first-order valence-electron chi connectivity index (χ1n) is 17.5. The minimum absolute atomic E-state index is 0.285. The number of hydrogen-bond acceptors (Lipinski definition) is 5. The van der Waals surface area contributed by atoms with E-state index in [9.17, 15) is 28.0 Å². The first kappa shape index (κ1) is 41.0. The van der Waals surface area contributed by atoms with Crippen molar-refractivity contribution in [2.75, 3.05) is 5.75 Å². The van der Waals surface area contributed by atoms with Gasteiger partial charge in [-0.1, -0.05) is 167 Å². The summed E-state index contributed by atoms with van der Waals surface area (Å²) in [5, 5.41) is 23.2. The fourth-order valence-corrected chi connectivity index (χ4v) is 6.07. The van der Waals surface area contributed by atoms with Crippen LogP contribution >= 0.6 is 0 Å². The number of amides is 1. The maximum atomic E-state index is 12.5. The van der Waals surface area contributed by atoms with Gasteiger partial charge in [-0.3, -0.25) is 9.35 Å². The molecule has 42 heavy (non-hydrogen) atoms. The third-order valence-electron chi connectivity index (χ3n) is 8.07. The number of allylic oxidation sites excluding steroid dienone is 1. The highest BCUT2D eigenvalue weighted by Gasteiger charge is 2.27. The molecule has 0 aromatic carbocycles. The summed E-state index contributed by atoms with van der Waals surface area (Å²) < 4.78 is 32.3. The molecule has 3 atom stereocenters. The van der Waals surface area contributed by atoms with Crippen LogP contribution in [0.1, 0.15) is 174 Å². The quantitative estimate of drug-likeness (QED) is 0.0352. The van der Waals surface area contributed by atoms with Crippen molar-refractivity contribution in [1.82, 2.24) is 5.32 Å². The number of aliphatic hydroxyl groups excluding tert-OH is 2. The second-order valence-electron chi connectivity index (χ2n) is 12.3. The zero-order chi connectivity index (χ0) is 31.3. The zero-order valence-electron chi connectivity index (χ0n) is 27.2. The van der Waals surface area contributed by atoms with Crippen LogP contribution in [0.4, 0.5) is 0 Å². The minimum atomic E-state index is -4.43. The topological polar surface area (TPSA) is 124 Å². The molecule has 0 radical (unpaired) electrons. The smallest absolute Gasteiger partial charge is 0.267 e. The molecule has 0 aliphatic rings. The number of carbonyl (C=O) groups excluding carboxylic acids is 1. The standard InChI is InChI=1S/C34H67NO6S/c1-3-5-7-9-11-13-15-17-19-21-23-25-27-29-33(37)34(38)35-31(30-42(39,40)41)32(36)28-26-24-22-20-18-16-14-12-10-8-6-4-2/h26,28,31-33,36-37H,3-25,27,29-30H2,1-2H3,(H,35,38)(H,39,40,41)/b28-26+. The van der Waals surface area contributed by atoms with E-state index in [4.69, 9.17) is 0 Å². The van der Waals surface area contributed by atoms with Crippen molar-refractivity contribution in [2.24, 2.45) is 0 Å². The molecule has 0 saturated carbocycles. The van der Waals surface area contributed by atoms with Crippen molar-refractivity contribution < 1.29 is 28.0 Å². The molecular formula is C34H67NO6S. The second kappa shape index (κ2) is 28.8. The van der Waals surface area contributed by atoms with Gasteiger partial charge in [-0.25, -0.2) is 0 Å². The van der Waals surface area contributed by atoms with E-state index >= 15 is 0 Å². The summed E-state index contributed by atoms with van der Waals surface area (Å²) in [5.41, 5.74) is 0. The molecule has 8 heteroatoms. The molecule has 0 heterocycles. The summed E-state index contributed by atoms with van der Waals surface area (Å²) in [6, 6.07) is -1.22. The summed E-state index contributed by atoms with van der Waals surface area (Å²) in [5.74, 6) is -1.53. The largest absolute Gasteiger partial charge is 0.387 e. The Labute approximate surface area is 259 Å². The molecule has 0 saturated heterocycles. The third kappa shape index (κ3) is 27.8. The number of rotatable bonds is 31. The maximum absolute atomic E-state index is 12.5. The van der Waals surface area contributed by atoms with Crippen LogP contribution in [0.15, 0.2) is 12.2 Å². The number of carbonyl (C=O) groups is 1. The van der Waals surface area contributed by atoms with Crippen molar-refractivity contribution >= 4 is 16.0 Å². The van der Waals surface area contributed by atoms with E-state index in [-0.39, 0.29) is 6.42 Å². The molecule has 0 bridgehead atoms. The Hall–Kier alpha value is -0.960. The van der Waals surface area contributed by atoms with Crippen LogP contribution in [-0.4, -0.2) is 53.1 Å². The molecule has 3 unspecified atom stereocenters. The van der Waals surface area contributed by atoms with Gasteiger partial charge in [0.05, 0.1) is 17.9 Å². The Balaban J connectivity index is 4.14. The Bertz CT molecular complexity index is 742. The normalized spacial score (nSPS) is 14.3. The van der Waals surface area contributed by atoms with Crippen molar-refractivity contribution in [2.45, 2.75) is 193 Å². The summed E-state index contributed by atoms with van der Waals surface area (Å²) in [4.78, 5) is 12.5. The fourth-order valence-electron chi connectivity index (χ4n) is 5.34. The van der Waals surface area contributed by atoms with Crippen LogP contribution in [0.5, 0.6) is 0 Å². The second-order valence-corrected chi connectivity index (χ2v) is 13.8. The lowest BCUT2D eigenvalue weighted by molar-refractivity contribution is -0.130. The van der Waals surface area contributed by atoms with Crippen LogP contribution in [0, 0.1) is 0 Å². The summed E-state index contributed by atoms with van der Waals surface area (Å²) in [6.07, 6.45) is 29.8. The molecule has 1 amide bonds. The highest BCUT2D eigenvalue weighted by molar-refractivity contribution is 7.85. The minimum Gasteiger partial charge on any atom is -0.387 e. The molecule has 0 aliphatic heterocycles. The van der Waals surface area contributed by atoms with Crippen molar-refractivity contribution in [3.63, 3.8) is 0 Å². The number of hydrogen-bond donors (Lipinski definition) is 4. The molecule has 7 nitrogen and oxygen atoms in total. The number of unbranched alkanes of at least 4 members (excludes halogenated alkanes) is 22. The van der Waals surface area contributed by atoms with E-state index in [1.165, 1.54) is 115 Å². The van der Waals surface area contributed by atoms with Gasteiger partial charge in [-0.2, -0.15) is 8.42 Å². The lowest BCUT2D eigenvalue weighted by atomic mass is 10.0. The maximum Gasteiger partial charge on any atom is 0.267 e. The zero-order valence-corrected chi connectivity index (χ0v) is 28.1.